The van der Waals surface area contributed by atoms with Crippen LogP contribution in [0, 0.1) is 5.92 Å². The van der Waals surface area contributed by atoms with Gasteiger partial charge in [0.15, 0.2) is 0 Å². The summed E-state index contributed by atoms with van der Waals surface area (Å²) in [6.45, 7) is 4.10. The molecule has 0 bridgehead atoms. The van der Waals surface area contributed by atoms with Crippen molar-refractivity contribution in [2.45, 2.75) is 64.0 Å². The molecule has 0 aromatic heterocycles. The van der Waals surface area contributed by atoms with Crippen molar-refractivity contribution in [3.05, 3.63) is 0 Å². The van der Waals surface area contributed by atoms with E-state index in [0.717, 1.165) is 51.6 Å². The molecule has 1 saturated carbocycles. The Bertz CT molecular complexity index is 378. The van der Waals surface area contributed by atoms with E-state index in [1.54, 1.807) is 0 Å². The van der Waals surface area contributed by atoms with Crippen molar-refractivity contribution < 1.29 is 9.59 Å². The van der Waals surface area contributed by atoms with Crippen LogP contribution in [0.3, 0.4) is 0 Å². The Morgan fingerprint density at radius 3 is 2.30 bits per heavy atom. The van der Waals surface area contributed by atoms with E-state index in [0.29, 0.717) is 12.5 Å². The summed E-state index contributed by atoms with van der Waals surface area (Å²) in [5.74, 6) is 0.335. The second-order valence-electron chi connectivity index (χ2n) is 6.83. The van der Waals surface area contributed by atoms with Crippen molar-refractivity contribution in [1.82, 2.24) is 15.5 Å². The third-order valence-electron chi connectivity index (χ3n) is 4.94. The highest BCUT2D eigenvalue weighted by Crippen LogP contribution is 2.19. The van der Waals surface area contributed by atoms with Gasteiger partial charge in [0.05, 0.1) is 6.54 Å². The van der Waals surface area contributed by atoms with Gasteiger partial charge < -0.3 is 11.1 Å². The molecule has 1 atom stereocenters. The van der Waals surface area contributed by atoms with Crippen molar-refractivity contribution in [1.29, 1.82) is 0 Å². The van der Waals surface area contributed by atoms with Crippen LogP contribution in [0.4, 0.5) is 4.79 Å². The molecule has 0 aromatic carbocycles. The van der Waals surface area contributed by atoms with Crippen LogP contribution in [0.1, 0.15) is 51.9 Å². The number of rotatable bonds is 4. The molecule has 2 aliphatic rings. The first kappa shape index (κ1) is 20.2. The third kappa shape index (κ3) is 7.06. The standard InChI is InChI=1S/C16H30N4O2.ClH/c1-12(17)13-7-9-20(10-8-13)11-15(21)19-16(22)18-14-5-3-2-4-6-14;/h12-14H,2-11,17H2,1H3,(H2,18,19,21,22);1H. The van der Waals surface area contributed by atoms with Crippen LogP contribution in [0.2, 0.25) is 0 Å². The molecule has 1 aliphatic heterocycles. The third-order valence-corrected chi connectivity index (χ3v) is 4.94. The number of nitrogens with one attached hydrogen (secondary N) is 2. The SMILES string of the molecule is CC(N)C1CCN(CC(=O)NC(=O)NC2CCCCC2)CC1.Cl. The summed E-state index contributed by atoms with van der Waals surface area (Å²) in [5, 5.41) is 5.36. The Morgan fingerprint density at radius 2 is 1.74 bits per heavy atom. The summed E-state index contributed by atoms with van der Waals surface area (Å²) >= 11 is 0. The Labute approximate surface area is 145 Å². The van der Waals surface area contributed by atoms with Crippen LogP contribution in [-0.2, 0) is 4.79 Å². The fourth-order valence-electron chi connectivity index (χ4n) is 3.47. The summed E-state index contributed by atoms with van der Waals surface area (Å²) in [4.78, 5) is 25.9. The largest absolute Gasteiger partial charge is 0.335 e. The Balaban J connectivity index is 0.00000264. The summed E-state index contributed by atoms with van der Waals surface area (Å²) in [5.41, 5.74) is 5.92. The highest BCUT2D eigenvalue weighted by molar-refractivity contribution is 5.95. The fourth-order valence-corrected chi connectivity index (χ4v) is 3.47. The van der Waals surface area contributed by atoms with Crippen LogP contribution < -0.4 is 16.4 Å². The van der Waals surface area contributed by atoms with Gasteiger partial charge in [-0.15, -0.1) is 12.4 Å². The van der Waals surface area contributed by atoms with Gasteiger partial charge in [0.2, 0.25) is 5.91 Å². The number of halogens is 1. The maximum absolute atomic E-state index is 11.9. The quantitative estimate of drug-likeness (QED) is 0.722. The summed E-state index contributed by atoms with van der Waals surface area (Å²) in [7, 11) is 0. The van der Waals surface area contributed by atoms with E-state index in [9.17, 15) is 9.59 Å². The van der Waals surface area contributed by atoms with E-state index < -0.39 is 0 Å². The Morgan fingerprint density at radius 1 is 1.13 bits per heavy atom. The Kier molecular flexibility index (Phi) is 8.87. The molecule has 1 saturated heterocycles. The highest BCUT2D eigenvalue weighted by atomic mass is 35.5. The monoisotopic (exact) mass is 346 g/mol. The molecular weight excluding hydrogens is 316 g/mol. The van der Waals surface area contributed by atoms with E-state index in [2.05, 4.69) is 15.5 Å². The molecule has 6 nitrogen and oxygen atoms in total. The first-order valence-corrected chi connectivity index (χ1v) is 8.63. The summed E-state index contributed by atoms with van der Waals surface area (Å²) in [6, 6.07) is 0.1000. The fraction of sp³-hybridized carbons (Fsp3) is 0.875. The molecule has 7 heteroatoms. The summed E-state index contributed by atoms with van der Waals surface area (Å²) < 4.78 is 0. The topological polar surface area (TPSA) is 87.5 Å². The second kappa shape index (κ2) is 10.1. The van der Waals surface area contributed by atoms with Crippen LogP contribution in [0.5, 0.6) is 0 Å². The lowest BCUT2D eigenvalue weighted by atomic mass is 9.91. The van der Waals surface area contributed by atoms with Crippen molar-refractivity contribution in [3.8, 4) is 0 Å². The van der Waals surface area contributed by atoms with E-state index in [-0.39, 0.29) is 36.4 Å². The zero-order valence-electron chi connectivity index (χ0n) is 14.1. The minimum atomic E-state index is -0.345. The molecule has 2 rings (SSSR count). The maximum Gasteiger partial charge on any atom is 0.321 e. The average molecular weight is 347 g/mol. The molecule has 0 aromatic rings. The first-order valence-electron chi connectivity index (χ1n) is 8.63. The van der Waals surface area contributed by atoms with Crippen LogP contribution in [0.15, 0.2) is 0 Å². The van der Waals surface area contributed by atoms with Gasteiger partial charge in [-0.05, 0) is 51.6 Å². The maximum atomic E-state index is 11.9. The van der Waals surface area contributed by atoms with Crippen molar-refractivity contribution >= 4 is 24.3 Å². The van der Waals surface area contributed by atoms with Gasteiger partial charge in [-0.3, -0.25) is 15.0 Å². The molecule has 1 aliphatic carbocycles. The number of nitrogens with zero attached hydrogens (tertiary/aromatic N) is 1. The predicted octanol–water partition coefficient (Wildman–Crippen LogP) is 1.63. The number of likely N-dealkylation sites (tertiary alicyclic amines) is 1. The smallest absolute Gasteiger partial charge is 0.321 e. The molecule has 3 amide bonds. The van der Waals surface area contributed by atoms with Gasteiger partial charge in [-0.2, -0.15) is 0 Å². The zero-order chi connectivity index (χ0) is 15.9. The molecule has 0 spiro atoms. The first-order chi connectivity index (χ1) is 10.5. The lowest BCUT2D eigenvalue weighted by Crippen LogP contribution is -2.49. The van der Waals surface area contributed by atoms with Gasteiger partial charge >= 0.3 is 6.03 Å². The molecular formula is C16H31ClN4O2. The zero-order valence-corrected chi connectivity index (χ0v) is 14.9. The van der Waals surface area contributed by atoms with Crippen LogP contribution in [-0.4, -0.2) is 48.6 Å². The molecule has 0 radical (unpaired) electrons. The summed E-state index contributed by atoms with van der Waals surface area (Å²) in [6.07, 6.45) is 7.66. The normalized spacial score (nSPS) is 22.0. The van der Waals surface area contributed by atoms with E-state index in [4.69, 9.17) is 5.73 Å². The number of urea groups is 1. The molecule has 1 unspecified atom stereocenters. The van der Waals surface area contributed by atoms with Gasteiger partial charge in [-0.1, -0.05) is 19.3 Å². The van der Waals surface area contributed by atoms with E-state index in [1.165, 1.54) is 6.42 Å². The number of nitrogens with two attached hydrogens (primary N) is 1. The molecule has 23 heavy (non-hydrogen) atoms. The van der Waals surface area contributed by atoms with Crippen molar-refractivity contribution in [2.75, 3.05) is 19.6 Å². The lowest BCUT2D eigenvalue weighted by Gasteiger charge is -2.33. The average Bonchev–Trinajstić information content (AvgIpc) is 2.48. The number of imide groups is 1. The van der Waals surface area contributed by atoms with Gasteiger partial charge in [0, 0.05) is 12.1 Å². The number of hydrogen-bond acceptors (Lipinski definition) is 4. The second-order valence-corrected chi connectivity index (χ2v) is 6.83. The number of hydrogen-bond donors (Lipinski definition) is 3. The molecule has 4 N–H and O–H groups in total. The lowest BCUT2D eigenvalue weighted by molar-refractivity contribution is -0.121. The van der Waals surface area contributed by atoms with Crippen LogP contribution >= 0.6 is 12.4 Å². The van der Waals surface area contributed by atoms with Gasteiger partial charge in [0.1, 0.15) is 0 Å². The molecule has 134 valence electrons. The van der Waals surface area contributed by atoms with E-state index in [1.807, 2.05) is 6.92 Å². The Hall–Kier alpha value is -0.850. The number of carbonyl (C=O) groups is 2. The number of piperidine rings is 1. The number of amides is 3. The molecule has 1 heterocycles. The van der Waals surface area contributed by atoms with Crippen molar-refractivity contribution in [2.24, 2.45) is 11.7 Å². The van der Waals surface area contributed by atoms with Gasteiger partial charge in [0.25, 0.3) is 0 Å². The number of carbonyl (C=O) groups excluding carboxylic acids is 2. The predicted molar refractivity (Wildman–Crippen MR) is 93.6 cm³/mol. The highest BCUT2D eigenvalue weighted by Gasteiger charge is 2.24. The molecule has 2 fully saturated rings. The van der Waals surface area contributed by atoms with Crippen molar-refractivity contribution in [3.63, 3.8) is 0 Å². The van der Waals surface area contributed by atoms with Crippen LogP contribution in [0.25, 0.3) is 0 Å². The van der Waals surface area contributed by atoms with Gasteiger partial charge in [-0.25, -0.2) is 4.79 Å². The minimum Gasteiger partial charge on any atom is -0.335 e. The minimum absolute atomic E-state index is 0. The van der Waals surface area contributed by atoms with E-state index >= 15 is 0 Å².